The Morgan fingerprint density at radius 2 is 1.82 bits per heavy atom. The van der Waals surface area contributed by atoms with Gasteiger partial charge in [0.1, 0.15) is 16.9 Å². The molecule has 8 heteroatoms. The predicted octanol–water partition coefficient (Wildman–Crippen LogP) is 4.88. The van der Waals surface area contributed by atoms with Crippen molar-refractivity contribution in [3.05, 3.63) is 36.0 Å². The fraction of sp³-hybridized carbons (Fsp3) is 0.520. The zero-order valence-corrected chi connectivity index (χ0v) is 20.3. The molecule has 1 aromatic carbocycles. The van der Waals surface area contributed by atoms with E-state index in [1.165, 1.54) is 0 Å². The van der Waals surface area contributed by atoms with E-state index in [0.717, 1.165) is 67.1 Å². The van der Waals surface area contributed by atoms with Crippen molar-refractivity contribution in [2.24, 2.45) is 5.92 Å². The van der Waals surface area contributed by atoms with Crippen molar-refractivity contribution in [2.45, 2.75) is 59.1 Å². The second-order valence-corrected chi connectivity index (χ2v) is 9.71. The third-order valence-electron chi connectivity index (χ3n) is 6.05. The lowest BCUT2D eigenvalue weighted by atomic mass is 9.93. The molecule has 0 unspecified atom stereocenters. The minimum atomic E-state index is -0.462. The van der Waals surface area contributed by atoms with Gasteiger partial charge < -0.3 is 19.5 Å². The smallest absolute Gasteiger partial charge is 0.410 e. The van der Waals surface area contributed by atoms with E-state index in [1.807, 2.05) is 57.8 Å². The summed E-state index contributed by atoms with van der Waals surface area (Å²) in [7, 11) is 1.83. The Bertz CT molecular complexity index is 1110. The van der Waals surface area contributed by atoms with Gasteiger partial charge in [0.2, 0.25) is 5.95 Å². The maximum atomic E-state index is 12.4. The van der Waals surface area contributed by atoms with Gasteiger partial charge in [0.05, 0.1) is 5.69 Å². The van der Waals surface area contributed by atoms with Crippen LogP contribution in [0.3, 0.4) is 0 Å². The number of piperidine rings is 1. The normalized spacial score (nSPS) is 15.1. The molecule has 1 N–H and O–H groups in total. The molecule has 0 radical (unpaired) electrons. The molecule has 176 valence electrons. The standard InChI is InChI=1S/C25H34N6O2/c1-17-20-22(29-23(26-5)27-17)31(21(28-20)19-9-7-6-8-10-19)16-13-18-11-14-30(15-12-18)24(32)33-25(2,3)4/h6-10,18H,11-16H2,1-5H3,(H,26,27,29). The monoisotopic (exact) mass is 450 g/mol. The Labute approximate surface area is 195 Å². The molecule has 1 fully saturated rings. The maximum Gasteiger partial charge on any atom is 0.410 e. The average Bonchev–Trinajstić information content (AvgIpc) is 3.16. The van der Waals surface area contributed by atoms with Crippen molar-refractivity contribution in [1.82, 2.24) is 24.4 Å². The van der Waals surface area contributed by atoms with Gasteiger partial charge in [0.15, 0.2) is 5.65 Å². The number of likely N-dealkylation sites (tertiary alicyclic amines) is 1. The van der Waals surface area contributed by atoms with Crippen LogP contribution in [0.1, 0.15) is 45.7 Å². The zero-order chi connectivity index (χ0) is 23.6. The average molecular weight is 451 g/mol. The van der Waals surface area contributed by atoms with Crippen molar-refractivity contribution in [3.63, 3.8) is 0 Å². The Hall–Kier alpha value is -3.16. The second-order valence-electron chi connectivity index (χ2n) is 9.71. The summed E-state index contributed by atoms with van der Waals surface area (Å²) in [5.74, 6) is 2.06. The number of amides is 1. The number of carbonyl (C=O) groups is 1. The quantitative estimate of drug-likeness (QED) is 0.596. The third-order valence-corrected chi connectivity index (χ3v) is 6.05. The summed E-state index contributed by atoms with van der Waals surface area (Å²) in [6, 6.07) is 10.2. The van der Waals surface area contributed by atoms with Gasteiger partial charge >= 0.3 is 6.09 Å². The topological polar surface area (TPSA) is 85.2 Å². The number of nitrogens with zero attached hydrogens (tertiary/aromatic N) is 5. The van der Waals surface area contributed by atoms with Crippen LogP contribution in [-0.2, 0) is 11.3 Å². The van der Waals surface area contributed by atoms with Crippen LogP contribution >= 0.6 is 0 Å². The number of benzene rings is 1. The van der Waals surface area contributed by atoms with Crippen LogP contribution in [0.25, 0.3) is 22.6 Å². The Kier molecular flexibility index (Phi) is 6.54. The lowest BCUT2D eigenvalue weighted by molar-refractivity contribution is 0.0180. The van der Waals surface area contributed by atoms with Crippen molar-refractivity contribution in [1.29, 1.82) is 0 Å². The Morgan fingerprint density at radius 3 is 2.45 bits per heavy atom. The lowest BCUT2D eigenvalue weighted by Gasteiger charge is -2.33. The first kappa shape index (κ1) is 23.0. The van der Waals surface area contributed by atoms with Crippen LogP contribution in [0.2, 0.25) is 0 Å². The number of aromatic nitrogens is 4. The first-order chi connectivity index (χ1) is 15.7. The number of imidazole rings is 1. The summed E-state index contributed by atoms with van der Waals surface area (Å²) >= 11 is 0. The van der Waals surface area contributed by atoms with Crippen LogP contribution in [0.5, 0.6) is 0 Å². The van der Waals surface area contributed by atoms with Gasteiger partial charge in [0, 0.05) is 32.2 Å². The van der Waals surface area contributed by atoms with Crippen molar-refractivity contribution < 1.29 is 9.53 Å². The summed E-state index contributed by atoms with van der Waals surface area (Å²) in [4.78, 5) is 28.4. The van der Waals surface area contributed by atoms with Gasteiger partial charge in [-0.25, -0.2) is 14.8 Å². The summed E-state index contributed by atoms with van der Waals surface area (Å²) in [5.41, 5.74) is 3.17. The van der Waals surface area contributed by atoms with E-state index in [2.05, 4.69) is 27.0 Å². The molecule has 0 bridgehead atoms. The van der Waals surface area contributed by atoms with E-state index < -0.39 is 5.60 Å². The highest BCUT2D eigenvalue weighted by molar-refractivity contribution is 5.80. The molecule has 0 saturated carbocycles. The van der Waals surface area contributed by atoms with Gasteiger partial charge in [-0.2, -0.15) is 4.98 Å². The summed E-state index contributed by atoms with van der Waals surface area (Å²) < 4.78 is 7.75. The molecular weight excluding hydrogens is 416 g/mol. The Balaban J connectivity index is 1.52. The molecular formula is C25H34N6O2. The van der Waals surface area contributed by atoms with Gasteiger partial charge in [-0.3, -0.25) is 0 Å². The molecule has 8 nitrogen and oxygen atoms in total. The molecule has 3 heterocycles. The molecule has 33 heavy (non-hydrogen) atoms. The molecule has 4 rings (SSSR count). The van der Waals surface area contributed by atoms with Gasteiger partial charge in [-0.05, 0) is 52.9 Å². The lowest BCUT2D eigenvalue weighted by Crippen LogP contribution is -2.41. The Morgan fingerprint density at radius 1 is 1.12 bits per heavy atom. The molecule has 1 amide bonds. The fourth-order valence-corrected chi connectivity index (χ4v) is 4.31. The van der Waals surface area contributed by atoms with Crippen LogP contribution < -0.4 is 5.32 Å². The maximum absolute atomic E-state index is 12.4. The number of nitrogens with one attached hydrogen (secondary N) is 1. The van der Waals surface area contributed by atoms with E-state index in [4.69, 9.17) is 14.7 Å². The van der Waals surface area contributed by atoms with Crippen LogP contribution in [-0.4, -0.2) is 56.3 Å². The third kappa shape index (κ3) is 5.26. The number of anilines is 1. The van der Waals surface area contributed by atoms with Gasteiger partial charge in [0.25, 0.3) is 0 Å². The highest BCUT2D eigenvalue weighted by atomic mass is 16.6. The predicted molar refractivity (Wildman–Crippen MR) is 130 cm³/mol. The van der Waals surface area contributed by atoms with E-state index in [9.17, 15) is 4.79 Å². The highest BCUT2D eigenvalue weighted by Gasteiger charge is 2.27. The number of hydrogen-bond donors (Lipinski definition) is 1. The summed E-state index contributed by atoms with van der Waals surface area (Å²) in [6.07, 6.45) is 2.75. The number of rotatable bonds is 5. The van der Waals surface area contributed by atoms with Crippen LogP contribution in [0, 0.1) is 12.8 Å². The van der Waals surface area contributed by atoms with E-state index in [0.29, 0.717) is 11.9 Å². The molecule has 1 aliphatic heterocycles. The minimum absolute atomic E-state index is 0.209. The van der Waals surface area contributed by atoms with E-state index >= 15 is 0 Å². The van der Waals surface area contributed by atoms with Crippen LogP contribution in [0.4, 0.5) is 10.7 Å². The minimum Gasteiger partial charge on any atom is -0.444 e. The van der Waals surface area contributed by atoms with Gasteiger partial charge in [-0.1, -0.05) is 30.3 Å². The van der Waals surface area contributed by atoms with Crippen LogP contribution in [0.15, 0.2) is 30.3 Å². The molecule has 0 aliphatic carbocycles. The summed E-state index contributed by atoms with van der Waals surface area (Å²) in [5, 5.41) is 3.06. The highest BCUT2D eigenvalue weighted by Crippen LogP contribution is 2.29. The first-order valence-corrected chi connectivity index (χ1v) is 11.7. The van der Waals surface area contributed by atoms with Crippen molar-refractivity contribution in [3.8, 4) is 11.4 Å². The van der Waals surface area contributed by atoms with Gasteiger partial charge in [-0.15, -0.1) is 0 Å². The molecule has 3 aromatic rings. The first-order valence-electron chi connectivity index (χ1n) is 11.7. The largest absolute Gasteiger partial charge is 0.444 e. The van der Waals surface area contributed by atoms with E-state index in [-0.39, 0.29) is 6.09 Å². The van der Waals surface area contributed by atoms with Crippen molar-refractivity contribution in [2.75, 3.05) is 25.5 Å². The molecule has 0 atom stereocenters. The number of carbonyl (C=O) groups excluding carboxylic acids is 1. The fourth-order valence-electron chi connectivity index (χ4n) is 4.31. The molecule has 1 aliphatic rings. The zero-order valence-electron chi connectivity index (χ0n) is 20.3. The molecule has 0 spiro atoms. The number of fused-ring (bicyclic) bond motifs is 1. The van der Waals surface area contributed by atoms with Crippen molar-refractivity contribution >= 4 is 23.2 Å². The summed E-state index contributed by atoms with van der Waals surface area (Å²) in [6.45, 7) is 9.98. The number of hydrogen-bond acceptors (Lipinski definition) is 6. The van der Waals surface area contributed by atoms with E-state index in [1.54, 1.807) is 0 Å². The number of ether oxygens (including phenoxy) is 1. The second kappa shape index (κ2) is 9.37. The SMILES string of the molecule is CNc1nc(C)c2nc(-c3ccccc3)n(CCC3CCN(C(=O)OC(C)(C)C)CC3)c2n1. The molecule has 2 aromatic heterocycles. The number of aryl methyl sites for hydroxylation is 2. The molecule has 1 saturated heterocycles.